The molecule has 11 heteroatoms. The van der Waals surface area contributed by atoms with E-state index in [0.29, 0.717) is 11.8 Å². The molecule has 2 N–H and O–H groups in total. The second-order valence-corrected chi connectivity index (χ2v) is 9.02. The Morgan fingerprint density at radius 1 is 1.03 bits per heavy atom. The van der Waals surface area contributed by atoms with Crippen molar-refractivity contribution >= 4 is 38.9 Å². The number of hydrogen-bond donors (Lipinski definition) is 2. The standard InChI is InChI=1S/C22H18ClF3N2O4S/c1-14-5-2-3-8-19(14)27-21(29)13-32-20-10-9-17(12-18(20)23)33(30,31)28-16-7-4-6-15(11-16)22(24,25)26/h2-12,28H,13H2,1H3,(H,27,29). The monoisotopic (exact) mass is 498 g/mol. The van der Waals surface area contributed by atoms with Gasteiger partial charge in [-0.25, -0.2) is 8.42 Å². The zero-order valence-corrected chi connectivity index (χ0v) is 18.7. The molecule has 0 heterocycles. The number of sulfonamides is 1. The number of para-hydroxylation sites is 1. The van der Waals surface area contributed by atoms with E-state index < -0.39 is 27.7 Å². The fourth-order valence-electron chi connectivity index (χ4n) is 2.78. The summed E-state index contributed by atoms with van der Waals surface area (Å²) in [7, 11) is -4.23. The average molecular weight is 499 g/mol. The quantitative estimate of drug-likeness (QED) is 0.451. The van der Waals surface area contributed by atoms with Gasteiger partial charge in [-0.2, -0.15) is 13.2 Å². The lowest BCUT2D eigenvalue weighted by Crippen LogP contribution is -2.20. The Hall–Kier alpha value is -3.24. The third-order valence-corrected chi connectivity index (χ3v) is 6.11. The average Bonchev–Trinajstić information content (AvgIpc) is 2.74. The molecule has 0 saturated carbocycles. The topological polar surface area (TPSA) is 84.5 Å². The van der Waals surface area contributed by atoms with Crippen molar-refractivity contribution in [3.05, 3.63) is 82.9 Å². The molecule has 0 fully saturated rings. The van der Waals surface area contributed by atoms with Gasteiger partial charge >= 0.3 is 6.18 Å². The van der Waals surface area contributed by atoms with Gasteiger partial charge < -0.3 is 10.1 Å². The third kappa shape index (κ3) is 6.39. The first kappa shape index (κ1) is 24.4. The van der Waals surface area contributed by atoms with Crippen molar-refractivity contribution in [1.29, 1.82) is 0 Å². The first-order valence-electron chi connectivity index (χ1n) is 9.43. The van der Waals surface area contributed by atoms with E-state index in [4.69, 9.17) is 16.3 Å². The highest BCUT2D eigenvalue weighted by atomic mass is 35.5. The number of hydrogen-bond acceptors (Lipinski definition) is 4. The van der Waals surface area contributed by atoms with E-state index in [1.165, 1.54) is 12.1 Å². The number of alkyl halides is 3. The van der Waals surface area contributed by atoms with Crippen LogP contribution in [-0.2, 0) is 21.0 Å². The lowest BCUT2D eigenvalue weighted by molar-refractivity contribution is -0.137. The van der Waals surface area contributed by atoms with Gasteiger partial charge in [-0.05, 0) is 55.0 Å². The summed E-state index contributed by atoms with van der Waals surface area (Å²) in [4.78, 5) is 11.8. The molecule has 0 aliphatic carbocycles. The van der Waals surface area contributed by atoms with Crippen LogP contribution in [0.25, 0.3) is 0 Å². The van der Waals surface area contributed by atoms with E-state index in [-0.39, 0.29) is 28.0 Å². The first-order valence-corrected chi connectivity index (χ1v) is 11.3. The van der Waals surface area contributed by atoms with Gasteiger partial charge in [0.25, 0.3) is 15.9 Å². The van der Waals surface area contributed by atoms with Crippen LogP contribution in [0.3, 0.4) is 0 Å². The van der Waals surface area contributed by atoms with Gasteiger partial charge in [-0.3, -0.25) is 9.52 Å². The Labute approximate surface area is 193 Å². The highest BCUT2D eigenvalue weighted by Crippen LogP contribution is 2.32. The van der Waals surface area contributed by atoms with E-state index in [0.717, 1.165) is 29.8 Å². The van der Waals surface area contributed by atoms with Gasteiger partial charge in [0.05, 0.1) is 15.5 Å². The second-order valence-electron chi connectivity index (χ2n) is 6.93. The van der Waals surface area contributed by atoms with Crippen LogP contribution in [0.4, 0.5) is 24.5 Å². The number of benzene rings is 3. The van der Waals surface area contributed by atoms with Gasteiger partial charge in [0.2, 0.25) is 0 Å². The molecule has 0 unspecified atom stereocenters. The summed E-state index contributed by atoms with van der Waals surface area (Å²) in [6.07, 6.45) is -4.62. The molecule has 3 aromatic rings. The molecule has 1 amide bonds. The predicted molar refractivity (Wildman–Crippen MR) is 119 cm³/mol. The summed E-state index contributed by atoms with van der Waals surface area (Å²) >= 11 is 6.09. The number of anilines is 2. The SMILES string of the molecule is Cc1ccccc1NC(=O)COc1ccc(S(=O)(=O)Nc2cccc(C(F)(F)F)c2)cc1Cl. The molecule has 6 nitrogen and oxygen atoms in total. The van der Waals surface area contributed by atoms with Gasteiger partial charge in [-0.15, -0.1) is 0 Å². The van der Waals surface area contributed by atoms with Crippen LogP contribution in [0, 0.1) is 6.92 Å². The van der Waals surface area contributed by atoms with Crippen LogP contribution in [0.5, 0.6) is 5.75 Å². The normalized spacial score (nSPS) is 11.7. The highest BCUT2D eigenvalue weighted by molar-refractivity contribution is 7.92. The number of nitrogens with one attached hydrogen (secondary N) is 2. The third-order valence-electron chi connectivity index (χ3n) is 4.43. The number of rotatable bonds is 7. The molecule has 0 spiro atoms. The number of aryl methyl sites for hydroxylation is 1. The molecule has 0 atom stereocenters. The predicted octanol–water partition coefficient (Wildman–Crippen LogP) is 5.49. The molecule has 3 rings (SSSR count). The number of amides is 1. The summed E-state index contributed by atoms with van der Waals surface area (Å²) in [5.41, 5.74) is 0.244. The van der Waals surface area contributed by atoms with Crippen molar-refractivity contribution < 1.29 is 31.1 Å². The van der Waals surface area contributed by atoms with E-state index in [9.17, 15) is 26.4 Å². The zero-order valence-electron chi connectivity index (χ0n) is 17.1. The largest absolute Gasteiger partial charge is 0.482 e. The molecular weight excluding hydrogens is 481 g/mol. The summed E-state index contributed by atoms with van der Waals surface area (Å²) in [6.45, 7) is 1.46. The van der Waals surface area contributed by atoms with E-state index in [2.05, 4.69) is 10.0 Å². The molecule has 3 aromatic carbocycles. The summed E-state index contributed by atoms with van der Waals surface area (Å²) in [6, 6.07) is 14.5. The summed E-state index contributed by atoms with van der Waals surface area (Å²) in [5.74, 6) is -0.377. The Balaban J connectivity index is 1.68. The molecule has 174 valence electrons. The first-order chi connectivity index (χ1) is 15.5. The Morgan fingerprint density at radius 2 is 1.76 bits per heavy atom. The second kappa shape index (κ2) is 9.72. The van der Waals surface area contributed by atoms with Gasteiger partial charge in [-0.1, -0.05) is 35.9 Å². The molecular formula is C22H18ClF3N2O4S. The lowest BCUT2D eigenvalue weighted by atomic mass is 10.2. The van der Waals surface area contributed by atoms with Crippen molar-refractivity contribution in [2.75, 3.05) is 16.6 Å². The molecule has 0 aliphatic rings. The van der Waals surface area contributed by atoms with Crippen LogP contribution >= 0.6 is 11.6 Å². The molecule has 0 bridgehead atoms. The minimum atomic E-state index is -4.62. The minimum absolute atomic E-state index is 0.0645. The number of carbonyl (C=O) groups excluding carboxylic acids is 1. The van der Waals surface area contributed by atoms with E-state index in [1.807, 2.05) is 19.1 Å². The van der Waals surface area contributed by atoms with Crippen molar-refractivity contribution in [1.82, 2.24) is 0 Å². The van der Waals surface area contributed by atoms with Crippen molar-refractivity contribution in [2.45, 2.75) is 18.0 Å². The van der Waals surface area contributed by atoms with Gasteiger partial charge in [0, 0.05) is 11.4 Å². The Morgan fingerprint density at radius 3 is 2.42 bits per heavy atom. The smallest absolute Gasteiger partial charge is 0.416 e. The van der Waals surface area contributed by atoms with Gasteiger partial charge in [0.1, 0.15) is 5.75 Å². The molecule has 0 aliphatic heterocycles. The fraction of sp³-hybridized carbons (Fsp3) is 0.136. The Kier molecular flexibility index (Phi) is 7.19. The summed E-state index contributed by atoms with van der Waals surface area (Å²) < 4.78 is 71.2. The zero-order chi connectivity index (χ0) is 24.2. The van der Waals surface area contributed by atoms with Crippen molar-refractivity contribution in [3.8, 4) is 5.75 Å². The van der Waals surface area contributed by atoms with Crippen LogP contribution in [0.15, 0.2) is 71.6 Å². The Bertz CT molecular complexity index is 1280. The molecule has 0 radical (unpaired) electrons. The number of carbonyl (C=O) groups is 1. The maximum atomic E-state index is 12.9. The summed E-state index contributed by atoms with van der Waals surface area (Å²) in [5, 5.41) is 2.59. The minimum Gasteiger partial charge on any atom is -0.482 e. The van der Waals surface area contributed by atoms with E-state index in [1.54, 1.807) is 12.1 Å². The van der Waals surface area contributed by atoms with Crippen LogP contribution < -0.4 is 14.8 Å². The van der Waals surface area contributed by atoms with Crippen LogP contribution in [0.1, 0.15) is 11.1 Å². The maximum absolute atomic E-state index is 12.9. The highest BCUT2D eigenvalue weighted by Gasteiger charge is 2.30. The van der Waals surface area contributed by atoms with Crippen LogP contribution in [-0.4, -0.2) is 20.9 Å². The molecule has 33 heavy (non-hydrogen) atoms. The maximum Gasteiger partial charge on any atom is 0.416 e. The van der Waals surface area contributed by atoms with Crippen LogP contribution in [0.2, 0.25) is 5.02 Å². The number of ether oxygens (including phenoxy) is 1. The number of halogens is 4. The fourth-order valence-corrected chi connectivity index (χ4v) is 4.16. The van der Waals surface area contributed by atoms with Crippen molar-refractivity contribution in [3.63, 3.8) is 0 Å². The lowest BCUT2D eigenvalue weighted by Gasteiger charge is -2.13. The van der Waals surface area contributed by atoms with Gasteiger partial charge in [0.15, 0.2) is 6.61 Å². The molecule has 0 saturated heterocycles. The van der Waals surface area contributed by atoms with Crippen molar-refractivity contribution in [2.24, 2.45) is 0 Å². The van der Waals surface area contributed by atoms with E-state index >= 15 is 0 Å². The molecule has 0 aromatic heterocycles.